The normalized spacial score (nSPS) is 18.0. The SMILES string of the molecule is CCN1CCN(C2=CCC(Nc3ncnc(Oc4cc(F)c5[nH]c(C)cc5c4F)c3C(=O)NC)C=C2)CC1. The van der Waals surface area contributed by atoms with E-state index < -0.39 is 17.5 Å². The average molecular weight is 524 g/mol. The van der Waals surface area contributed by atoms with Gasteiger partial charge in [-0.3, -0.25) is 4.79 Å². The number of hydrogen-bond acceptors (Lipinski definition) is 7. The highest BCUT2D eigenvalue weighted by Gasteiger charge is 2.25. The third kappa shape index (κ3) is 5.06. The number of allylic oxidation sites excluding steroid dienone is 1. The molecule has 1 fully saturated rings. The number of anilines is 1. The summed E-state index contributed by atoms with van der Waals surface area (Å²) in [6.07, 6.45) is 8.20. The van der Waals surface area contributed by atoms with Crippen LogP contribution in [-0.4, -0.2) is 76.5 Å². The monoisotopic (exact) mass is 523 g/mol. The molecule has 1 aromatic carbocycles. The van der Waals surface area contributed by atoms with Crippen LogP contribution in [0.4, 0.5) is 14.6 Å². The van der Waals surface area contributed by atoms with Crippen LogP contribution < -0.4 is 15.4 Å². The second-order valence-electron chi connectivity index (χ2n) is 9.39. The molecule has 1 amide bonds. The molecule has 1 atom stereocenters. The number of benzene rings is 1. The van der Waals surface area contributed by atoms with Gasteiger partial charge in [0.25, 0.3) is 5.91 Å². The first-order chi connectivity index (χ1) is 18.4. The van der Waals surface area contributed by atoms with E-state index in [4.69, 9.17) is 4.74 Å². The minimum absolute atomic E-state index is 0.000909. The van der Waals surface area contributed by atoms with Gasteiger partial charge in [0.15, 0.2) is 17.4 Å². The van der Waals surface area contributed by atoms with Crippen molar-refractivity contribution in [3.8, 4) is 11.6 Å². The summed E-state index contributed by atoms with van der Waals surface area (Å²) in [5, 5.41) is 5.87. The number of nitrogens with one attached hydrogen (secondary N) is 3. The van der Waals surface area contributed by atoms with Crippen LogP contribution in [0.2, 0.25) is 0 Å². The van der Waals surface area contributed by atoms with Crippen molar-refractivity contribution in [1.29, 1.82) is 0 Å². The Labute approximate surface area is 219 Å². The van der Waals surface area contributed by atoms with Gasteiger partial charge in [-0.25, -0.2) is 18.7 Å². The molecule has 3 aromatic rings. The second-order valence-corrected chi connectivity index (χ2v) is 9.39. The van der Waals surface area contributed by atoms with Crippen molar-refractivity contribution in [3.63, 3.8) is 0 Å². The standard InChI is InChI=1S/C27H31F2N7O2/c1-4-35-9-11-36(12-10-35)18-7-5-17(6-8-18)34-25-22(26(37)30-3)27(32-15-31-25)38-21-14-20(28)24-19(23(21)29)13-16(2)33-24/h5,7-8,13-15,17,33H,4,6,9-12H2,1-3H3,(H,30,37)(H,31,32,34). The van der Waals surface area contributed by atoms with Crippen molar-refractivity contribution in [1.82, 2.24) is 30.1 Å². The molecule has 5 rings (SSSR count). The summed E-state index contributed by atoms with van der Waals surface area (Å²) in [7, 11) is 1.46. The predicted molar refractivity (Wildman–Crippen MR) is 141 cm³/mol. The van der Waals surface area contributed by atoms with E-state index in [0.29, 0.717) is 12.1 Å². The minimum atomic E-state index is -0.755. The van der Waals surface area contributed by atoms with Crippen LogP contribution in [-0.2, 0) is 0 Å². The smallest absolute Gasteiger partial charge is 0.260 e. The van der Waals surface area contributed by atoms with Gasteiger partial charge >= 0.3 is 0 Å². The van der Waals surface area contributed by atoms with Gasteiger partial charge in [-0.15, -0.1) is 0 Å². The Morgan fingerprint density at radius 3 is 2.68 bits per heavy atom. The number of carbonyl (C=O) groups excluding carboxylic acids is 1. The lowest BCUT2D eigenvalue weighted by Gasteiger charge is -2.37. The molecule has 3 heterocycles. The number of likely N-dealkylation sites (N-methyl/N-ethyl adjacent to an activating group) is 1. The highest BCUT2D eigenvalue weighted by Crippen LogP contribution is 2.34. The molecule has 1 saturated heterocycles. The Bertz CT molecular complexity index is 1410. The van der Waals surface area contributed by atoms with E-state index in [2.05, 4.69) is 54.5 Å². The average Bonchev–Trinajstić information content (AvgIpc) is 3.34. The quantitative estimate of drug-likeness (QED) is 0.431. The van der Waals surface area contributed by atoms with Crippen LogP contribution in [0.3, 0.4) is 0 Å². The molecule has 0 saturated carbocycles. The molecule has 9 nitrogen and oxygen atoms in total. The fourth-order valence-corrected chi connectivity index (χ4v) is 4.85. The van der Waals surface area contributed by atoms with Crippen LogP contribution in [0.1, 0.15) is 29.4 Å². The van der Waals surface area contributed by atoms with E-state index in [9.17, 15) is 9.18 Å². The van der Waals surface area contributed by atoms with Crippen LogP contribution in [0.5, 0.6) is 11.6 Å². The molecule has 0 bridgehead atoms. The molecule has 3 N–H and O–H groups in total. The number of fused-ring (bicyclic) bond motifs is 1. The summed E-state index contributed by atoms with van der Waals surface area (Å²) >= 11 is 0. The van der Waals surface area contributed by atoms with Gasteiger partial charge in [0.05, 0.1) is 5.52 Å². The number of aromatic amines is 1. The van der Waals surface area contributed by atoms with E-state index in [-0.39, 0.29) is 40.0 Å². The first-order valence-corrected chi connectivity index (χ1v) is 12.7. The Hall–Kier alpha value is -3.99. The lowest BCUT2D eigenvalue weighted by molar-refractivity contribution is 0.0960. The van der Waals surface area contributed by atoms with Crippen LogP contribution in [0, 0.1) is 18.6 Å². The molecule has 1 aliphatic carbocycles. The van der Waals surface area contributed by atoms with Gasteiger partial charge in [-0.05, 0) is 32.0 Å². The van der Waals surface area contributed by atoms with E-state index in [1.807, 2.05) is 6.08 Å². The fourth-order valence-electron chi connectivity index (χ4n) is 4.85. The maximum atomic E-state index is 15.2. The molecule has 11 heteroatoms. The first kappa shape index (κ1) is 25.7. The topological polar surface area (TPSA) is 98.4 Å². The number of hydrogen-bond donors (Lipinski definition) is 3. The number of halogens is 2. The third-order valence-electron chi connectivity index (χ3n) is 6.96. The van der Waals surface area contributed by atoms with Gasteiger partial charge in [-0.2, -0.15) is 0 Å². The number of piperazine rings is 1. The molecule has 0 radical (unpaired) electrons. The molecule has 0 spiro atoms. The summed E-state index contributed by atoms with van der Waals surface area (Å²) in [4.78, 5) is 28.8. The lowest BCUT2D eigenvalue weighted by atomic mass is 10.1. The van der Waals surface area contributed by atoms with E-state index >= 15 is 4.39 Å². The van der Waals surface area contributed by atoms with Crippen molar-refractivity contribution in [3.05, 3.63) is 65.3 Å². The van der Waals surface area contributed by atoms with Gasteiger partial charge in [0, 0.05) is 62.1 Å². The molecule has 1 aliphatic heterocycles. The van der Waals surface area contributed by atoms with Crippen LogP contribution >= 0.6 is 0 Å². The number of amides is 1. The Morgan fingerprint density at radius 2 is 2.00 bits per heavy atom. The number of H-pyrrole nitrogens is 1. The second kappa shape index (κ2) is 10.8. The maximum absolute atomic E-state index is 15.2. The maximum Gasteiger partial charge on any atom is 0.260 e. The minimum Gasteiger partial charge on any atom is -0.435 e. The lowest BCUT2D eigenvalue weighted by Crippen LogP contribution is -2.45. The van der Waals surface area contributed by atoms with Crippen molar-refractivity contribution >= 4 is 22.6 Å². The summed E-state index contributed by atoms with van der Waals surface area (Å²) in [5.74, 6) is -2.28. The molecule has 200 valence electrons. The zero-order valence-corrected chi connectivity index (χ0v) is 21.6. The summed E-state index contributed by atoms with van der Waals surface area (Å²) in [6, 6.07) is 2.30. The zero-order chi connectivity index (χ0) is 26.8. The largest absolute Gasteiger partial charge is 0.435 e. The molecule has 1 unspecified atom stereocenters. The Balaban J connectivity index is 1.36. The zero-order valence-electron chi connectivity index (χ0n) is 21.6. The summed E-state index contributed by atoms with van der Waals surface area (Å²) in [5.41, 5.74) is 1.84. The molecule has 38 heavy (non-hydrogen) atoms. The summed E-state index contributed by atoms with van der Waals surface area (Å²) in [6.45, 7) is 9.01. The van der Waals surface area contributed by atoms with E-state index in [0.717, 1.165) is 38.8 Å². The van der Waals surface area contributed by atoms with Crippen LogP contribution in [0.15, 0.2) is 42.4 Å². The summed E-state index contributed by atoms with van der Waals surface area (Å²) < 4.78 is 35.5. The van der Waals surface area contributed by atoms with Crippen molar-refractivity contribution in [2.24, 2.45) is 0 Å². The molecule has 2 aliphatic rings. The number of rotatable bonds is 7. The molecular weight excluding hydrogens is 492 g/mol. The number of aromatic nitrogens is 3. The molecular formula is C27H31F2N7O2. The fraction of sp³-hybridized carbons (Fsp3) is 0.370. The number of aryl methyl sites for hydroxylation is 1. The van der Waals surface area contributed by atoms with Crippen LogP contribution in [0.25, 0.3) is 10.9 Å². The number of nitrogens with zero attached hydrogens (tertiary/aromatic N) is 4. The third-order valence-corrected chi connectivity index (χ3v) is 6.96. The van der Waals surface area contributed by atoms with Crippen molar-refractivity contribution < 1.29 is 18.3 Å². The number of ether oxygens (including phenoxy) is 1. The highest BCUT2D eigenvalue weighted by molar-refractivity contribution is 6.01. The van der Waals surface area contributed by atoms with Crippen molar-refractivity contribution in [2.75, 3.05) is 45.1 Å². The van der Waals surface area contributed by atoms with Gasteiger partial charge in [0.1, 0.15) is 17.7 Å². The highest BCUT2D eigenvalue weighted by atomic mass is 19.1. The van der Waals surface area contributed by atoms with E-state index in [1.54, 1.807) is 6.92 Å². The molecule has 2 aromatic heterocycles. The Kier molecular flexibility index (Phi) is 7.28. The van der Waals surface area contributed by atoms with Crippen molar-refractivity contribution in [2.45, 2.75) is 26.3 Å². The van der Waals surface area contributed by atoms with Gasteiger partial charge in [-0.1, -0.05) is 19.1 Å². The first-order valence-electron chi connectivity index (χ1n) is 12.7. The predicted octanol–water partition coefficient (Wildman–Crippen LogP) is 3.96. The number of carbonyl (C=O) groups is 1. The van der Waals surface area contributed by atoms with E-state index in [1.165, 1.54) is 25.1 Å². The van der Waals surface area contributed by atoms with Gasteiger partial charge < -0.3 is 30.2 Å². The van der Waals surface area contributed by atoms with Gasteiger partial charge in [0.2, 0.25) is 5.88 Å². The Morgan fingerprint density at radius 1 is 1.21 bits per heavy atom.